The Morgan fingerprint density at radius 1 is 1.26 bits per heavy atom. The van der Waals surface area contributed by atoms with Crippen LogP contribution in [-0.4, -0.2) is 9.78 Å². The average molecular weight is 262 g/mol. The van der Waals surface area contributed by atoms with Gasteiger partial charge in [0.25, 0.3) is 0 Å². The van der Waals surface area contributed by atoms with Crippen molar-refractivity contribution in [3.05, 3.63) is 29.3 Å². The molecular formula is C14H22N4O. The number of nitrogens with zero attached hydrogens (tertiary/aromatic N) is 2. The van der Waals surface area contributed by atoms with Gasteiger partial charge in [0.15, 0.2) is 0 Å². The van der Waals surface area contributed by atoms with Gasteiger partial charge in [0.2, 0.25) is 0 Å². The number of hydrogen-bond acceptors (Lipinski definition) is 4. The molecule has 1 atom stereocenters. The van der Waals surface area contributed by atoms with Crippen molar-refractivity contribution in [3.63, 3.8) is 0 Å². The van der Waals surface area contributed by atoms with Gasteiger partial charge in [-0.2, -0.15) is 5.10 Å². The lowest BCUT2D eigenvalue weighted by atomic mass is 10.2. The van der Waals surface area contributed by atoms with E-state index in [-0.39, 0.29) is 12.1 Å². The van der Waals surface area contributed by atoms with Gasteiger partial charge in [0, 0.05) is 6.04 Å². The molecule has 5 nitrogen and oxygen atoms in total. The smallest absolute Gasteiger partial charge is 0.148 e. The van der Waals surface area contributed by atoms with Crippen molar-refractivity contribution in [3.8, 4) is 0 Å². The summed E-state index contributed by atoms with van der Waals surface area (Å²) in [4.78, 5) is 0. The molecule has 0 bridgehead atoms. The standard InChI is InChI=1S/C14H22N4O/c1-8(2)18-14(13(15)11(5)17-18)16-10(4)12-7-6-9(3)19-12/h6-8,10,16H,15H2,1-5H3. The molecule has 0 aromatic carbocycles. The largest absolute Gasteiger partial charge is 0.464 e. The van der Waals surface area contributed by atoms with E-state index in [1.165, 1.54) is 0 Å². The molecule has 0 aliphatic carbocycles. The fourth-order valence-electron chi connectivity index (χ4n) is 2.04. The van der Waals surface area contributed by atoms with E-state index in [0.717, 1.165) is 23.0 Å². The Morgan fingerprint density at radius 3 is 2.47 bits per heavy atom. The molecular weight excluding hydrogens is 240 g/mol. The molecule has 104 valence electrons. The van der Waals surface area contributed by atoms with Crippen LogP contribution in [0.4, 0.5) is 11.5 Å². The van der Waals surface area contributed by atoms with Crippen LogP contribution in [0.15, 0.2) is 16.5 Å². The van der Waals surface area contributed by atoms with Crippen LogP contribution in [0, 0.1) is 13.8 Å². The third-order valence-corrected chi connectivity index (χ3v) is 3.16. The van der Waals surface area contributed by atoms with E-state index in [1.807, 2.05) is 37.6 Å². The Bertz CT molecular complexity index is 568. The number of nitrogen functional groups attached to an aromatic ring is 1. The van der Waals surface area contributed by atoms with Crippen LogP contribution >= 0.6 is 0 Å². The summed E-state index contributed by atoms with van der Waals surface area (Å²) < 4.78 is 7.55. The van der Waals surface area contributed by atoms with Crippen LogP contribution in [0.25, 0.3) is 0 Å². The Hall–Kier alpha value is -1.91. The summed E-state index contributed by atoms with van der Waals surface area (Å²) >= 11 is 0. The summed E-state index contributed by atoms with van der Waals surface area (Å²) in [5.74, 6) is 2.66. The van der Waals surface area contributed by atoms with Gasteiger partial charge in [-0.05, 0) is 46.8 Å². The van der Waals surface area contributed by atoms with Crippen LogP contribution in [0.2, 0.25) is 0 Å². The van der Waals surface area contributed by atoms with Gasteiger partial charge < -0.3 is 15.5 Å². The molecule has 2 rings (SSSR count). The van der Waals surface area contributed by atoms with E-state index in [4.69, 9.17) is 10.2 Å². The minimum atomic E-state index is 0.0459. The van der Waals surface area contributed by atoms with E-state index in [1.54, 1.807) is 0 Å². The monoisotopic (exact) mass is 262 g/mol. The number of anilines is 2. The van der Waals surface area contributed by atoms with E-state index in [9.17, 15) is 0 Å². The summed E-state index contributed by atoms with van der Waals surface area (Å²) in [6, 6.07) is 4.24. The Labute approximate surface area is 113 Å². The van der Waals surface area contributed by atoms with E-state index < -0.39 is 0 Å². The first-order chi connectivity index (χ1) is 8.90. The average Bonchev–Trinajstić information content (AvgIpc) is 2.88. The van der Waals surface area contributed by atoms with Crippen LogP contribution in [0.3, 0.4) is 0 Å². The van der Waals surface area contributed by atoms with Crippen LogP contribution in [0.5, 0.6) is 0 Å². The summed E-state index contributed by atoms with van der Waals surface area (Å²) in [5.41, 5.74) is 7.64. The SMILES string of the molecule is Cc1ccc(C(C)Nc2c(N)c(C)nn2C(C)C)o1. The molecule has 0 spiro atoms. The first kappa shape index (κ1) is 13.5. The maximum Gasteiger partial charge on any atom is 0.148 e. The molecule has 0 saturated heterocycles. The minimum absolute atomic E-state index is 0.0459. The second-order valence-corrected chi connectivity index (χ2v) is 5.20. The van der Waals surface area contributed by atoms with Crippen molar-refractivity contribution in [1.29, 1.82) is 0 Å². The zero-order valence-corrected chi connectivity index (χ0v) is 12.2. The number of hydrogen-bond donors (Lipinski definition) is 2. The highest BCUT2D eigenvalue weighted by Crippen LogP contribution is 2.29. The predicted octanol–water partition coefficient (Wildman–Crippen LogP) is 3.43. The molecule has 2 heterocycles. The number of nitrogens with two attached hydrogens (primary N) is 1. The van der Waals surface area contributed by atoms with Gasteiger partial charge in [-0.15, -0.1) is 0 Å². The minimum Gasteiger partial charge on any atom is -0.464 e. The number of aryl methyl sites for hydroxylation is 2. The predicted molar refractivity (Wildman–Crippen MR) is 77.2 cm³/mol. The van der Waals surface area contributed by atoms with Crippen molar-refractivity contribution in [1.82, 2.24) is 9.78 Å². The molecule has 0 saturated carbocycles. The van der Waals surface area contributed by atoms with Gasteiger partial charge in [-0.25, -0.2) is 4.68 Å². The van der Waals surface area contributed by atoms with Crippen molar-refractivity contribution in [2.75, 3.05) is 11.1 Å². The van der Waals surface area contributed by atoms with Gasteiger partial charge >= 0.3 is 0 Å². The second-order valence-electron chi connectivity index (χ2n) is 5.20. The summed E-state index contributed by atoms with van der Waals surface area (Å²) in [6.45, 7) is 10.1. The van der Waals surface area contributed by atoms with Crippen molar-refractivity contribution < 1.29 is 4.42 Å². The number of rotatable bonds is 4. The van der Waals surface area contributed by atoms with Gasteiger partial charge in [-0.1, -0.05) is 0 Å². The Kier molecular flexibility index (Phi) is 3.55. The maximum absolute atomic E-state index is 6.10. The molecule has 1 unspecified atom stereocenters. The molecule has 3 N–H and O–H groups in total. The van der Waals surface area contributed by atoms with E-state index >= 15 is 0 Å². The summed E-state index contributed by atoms with van der Waals surface area (Å²) in [6.07, 6.45) is 0. The second kappa shape index (κ2) is 4.99. The lowest BCUT2D eigenvalue weighted by molar-refractivity contribution is 0.463. The lowest BCUT2D eigenvalue weighted by Gasteiger charge is -2.17. The molecule has 0 aliphatic heterocycles. The molecule has 2 aromatic rings. The first-order valence-corrected chi connectivity index (χ1v) is 6.57. The maximum atomic E-state index is 6.10. The topological polar surface area (TPSA) is 69.0 Å². The fraction of sp³-hybridized carbons (Fsp3) is 0.500. The van der Waals surface area contributed by atoms with Crippen LogP contribution < -0.4 is 11.1 Å². The zero-order valence-electron chi connectivity index (χ0n) is 12.2. The van der Waals surface area contributed by atoms with E-state index in [0.29, 0.717) is 5.69 Å². The highest BCUT2D eigenvalue weighted by molar-refractivity contribution is 5.65. The number of furan rings is 1. The molecule has 2 aromatic heterocycles. The van der Waals surface area contributed by atoms with Crippen molar-refractivity contribution >= 4 is 11.5 Å². The molecule has 0 fully saturated rings. The highest BCUT2D eigenvalue weighted by Gasteiger charge is 2.18. The summed E-state index contributed by atoms with van der Waals surface area (Å²) in [7, 11) is 0. The third-order valence-electron chi connectivity index (χ3n) is 3.16. The van der Waals surface area contributed by atoms with Gasteiger partial charge in [0.05, 0.1) is 17.4 Å². The van der Waals surface area contributed by atoms with Crippen molar-refractivity contribution in [2.45, 2.75) is 46.7 Å². The Balaban J connectivity index is 2.28. The van der Waals surface area contributed by atoms with Gasteiger partial charge in [0.1, 0.15) is 17.3 Å². The summed E-state index contributed by atoms with van der Waals surface area (Å²) in [5, 5.41) is 7.85. The molecule has 0 radical (unpaired) electrons. The van der Waals surface area contributed by atoms with E-state index in [2.05, 4.69) is 24.3 Å². The number of nitrogens with one attached hydrogen (secondary N) is 1. The fourth-order valence-corrected chi connectivity index (χ4v) is 2.04. The third kappa shape index (κ3) is 2.59. The van der Waals surface area contributed by atoms with Crippen LogP contribution in [0.1, 0.15) is 50.1 Å². The number of aromatic nitrogens is 2. The first-order valence-electron chi connectivity index (χ1n) is 6.57. The van der Waals surface area contributed by atoms with Gasteiger partial charge in [-0.3, -0.25) is 0 Å². The highest BCUT2D eigenvalue weighted by atomic mass is 16.3. The Morgan fingerprint density at radius 2 is 1.95 bits per heavy atom. The molecule has 5 heteroatoms. The van der Waals surface area contributed by atoms with Crippen LogP contribution in [-0.2, 0) is 0 Å². The normalized spacial score (nSPS) is 12.9. The quantitative estimate of drug-likeness (QED) is 0.885. The molecule has 19 heavy (non-hydrogen) atoms. The lowest BCUT2D eigenvalue weighted by Crippen LogP contribution is -2.13. The zero-order chi connectivity index (χ0) is 14.2. The molecule has 0 amide bonds. The molecule has 0 aliphatic rings. The van der Waals surface area contributed by atoms with Crippen molar-refractivity contribution in [2.24, 2.45) is 0 Å².